The Morgan fingerprint density at radius 3 is 2.92 bits per heavy atom. The highest BCUT2D eigenvalue weighted by Crippen LogP contribution is 2.17. The highest BCUT2D eigenvalue weighted by Gasteiger charge is 2.24. The molecular weight excluding hydrogens is 154 g/mol. The standard InChI is InChI=1S/C9H11NO2/c11-9-10(6-7-12-9)8-4-2-1-3-5-8/h2,4-5H,1,3,6-7H2. The van der Waals surface area contributed by atoms with Crippen LogP contribution in [0.2, 0.25) is 0 Å². The van der Waals surface area contributed by atoms with E-state index in [1.807, 2.05) is 6.08 Å². The van der Waals surface area contributed by atoms with Crippen molar-refractivity contribution in [2.45, 2.75) is 12.8 Å². The number of cyclic esters (lactones) is 1. The van der Waals surface area contributed by atoms with Crippen LogP contribution in [0.1, 0.15) is 12.8 Å². The summed E-state index contributed by atoms with van der Waals surface area (Å²) < 4.78 is 4.83. The van der Waals surface area contributed by atoms with Gasteiger partial charge in [-0.3, -0.25) is 4.90 Å². The first-order valence-corrected chi connectivity index (χ1v) is 4.19. The second-order valence-electron chi connectivity index (χ2n) is 2.87. The second kappa shape index (κ2) is 3.01. The molecule has 1 saturated heterocycles. The van der Waals surface area contributed by atoms with Crippen LogP contribution in [-0.4, -0.2) is 24.1 Å². The first kappa shape index (κ1) is 7.40. The van der Waals surface area contributed by atoms with Crippen molar-refractivity contribution < 1.29 is 9.53 Å². The average Bonchev–Trinajstić information content (AvgIpc) is 2.53. The van der Waals surface area contributed by atoms with Gasteiger partial charge in [0.05, 0.1) is 6.54 Å². The van der Waals surface area contributed by atoms with Gasteiger partial charge in [-0.25, -0.2) is 4.79 Å². The van der Waals surface area contributed by atoms with Crippen molar-refractivity contribution >= 4 is 6.09 Å². The van der Waals surface area contributed by atoms with Crippen molar-refractivity contribution in [2.24, 2.45) is 0 Å². The Labute approximate surface area is 71.3 Å². The molecule has 0 unspecified atom stereocenters. The zero-order valence-electron chi connectivity index (χ0n) is 6.82. The van der Waals surface area contributed by atoms with Gasteiger partial charge in [0.15, 0.2) is 0 Å². The fourth-order valence-electron chi connectivity index (χ4n) is 1.43. The third kappa shape index (κ3) is 1.22. The highest BCUT2D eigenvalue weighted by molar-refractivity contribution is 5.72. The summed E-state index contributed by atoms with van der Waals surface area (Å²) in [6, 6.07) is 0. The van der Waals surface area contributed by atoms with Crippen molar-refractivity contribution in [1.29, 1.82) is 0 Å². The molecule has 1 amide bonds. The van der Waals surface area contributed by atoms with Crippen molar-refractivity contribution in [2.75, 3.05) is 13.2 Å². The van der Waals surface area contributed by atoms with E-state index >= 15 is 0 Å². The molecule has 2 rings (SSSR count). The summed E-state index contributed by atoms with van der Waals surface area (Å²) in [6.07, 6.45) is 8.03. The van der Waals surface area contributed by atoms with Gasteiger partial charge in [0, 0.05) is 5.70 Å². The lowest BCUT2D eigenvalue weighted by molar-refractivity contribution is 0.165. The Kier molecular flexibility index (Phi) is 1.86. The van der Waals surface area contributed by atoms with Crippen LogP contribution in [-0.2, 0) is 4.74 Å². The Hall–Kier alpha value is -1.25. The van der Waals surface area contributed by atoms with Crippen LogP contribution in [0, 0.1) is 0 Å². The molecule has 1 fully saturated rings. The minimum atomic E-state index is -0.215. The van der Waals surface area contributed by atoms with E-state index in [2.05, 4.69) is 12.2 Å². The summed E-state index contributed by atoms with van der Waals surface area (Å²) in [5.41, 5.74) is 0.990. The number of allylic oxidation sites excluding steroid dienone is 3. The molecule has 0 saturated carbocycles. The maximum absolute atomic E-state index is 11.1. The van der Waals surface area contributed by atoms with E-state index in [9.17, 15) is 4.79 Å². The molecule has 3 nitrogen and oxygen atoms in total. The molecule has 0 atom stereocenters. The van der Waals surface area contributed by atoms with E-state index < -0.39 is 0 Å². The predicted molar refractivity (Wildman–Crippen MR) is 44.5 cm³/mol. The van der Waals surface area contributed by atoms with Crippen LogP contribution >= 0.6 is 0 Å². The first-order chi connectivity index (χ1) is 5.88. The molecule has 0 radical (unpaired) electrons. The largest absolute Gasteiger partial charge is 0.447 e. The number of carbonyl (C=O) groups is 1. The van der Waals surface area contributed by atoms with Crippen molar-refractivity contribution in [3.8, 4) is 0 Å². The minimum Gasteiger partial charge on any atom is -0.447 e. The monoisotopic (exact) mass is 165 g/mol. The van der Waals surface area contributed by atoms with E-state index in [-0.39, 0.29) is 6.09 Å². The molecule has 3 heteroatoms. The topological polar surface area (TPSA) is 29.5 Å². The van der Waals surface area contributed by atoms with E-state index in [0.29, 0.717) is 13.2 Å². The van der Waals surface area contributed by atoms with Gasteiger partial charge in [-0.05, 0) is 18.9 Å². The molecular formula is C9H11NO2. The lowest BCUT2D eigenvalue weighted by atomic mass is 10.1. The summed E-state index contributed by atoms with van der Waals surface area (Å²) in [4.78, 5) is 12.8. The SMILES string of the molecule is O=C1OCCN1C1=CCCC=C1. The van der Waals surface area contributed by atoms with Gasteiger partial charge in [-0.1, -0.05) is 12.2 Å². The van der Waals surface area contributed by atoms with Crippen molar-refractivity contribution in [3.63, 3.8) is 0 Å². The van der Waals surface area contributed by atoms with Crippen LogP contribution in [0.4, 0.5) is 4.79 Å². The quantitative estimate of drug-likeness (QED) is 0.591. The van der Waals surface area contributed by atoms with Crippen LogP contribution in [0.25, 0.3) is 0 Å². The Bertz CT molecular complexity index is 255. The van der Waals surface area contributed by atoms with Gasteiger partial charge >= 0.3 is 6.09 Å². The van der Waals surface area contributed by atoms with E-state index in [4.69, 9.17) is 4.74 Å². The predicted octanol–water partition coefficient (Wildman–Crippen LogP) is 1.67. The smallest absolute Gasteiger partial charge is 0.414 e. The van der Waals surface area contributed by atoms with Gasteiger partial charge in [0.2, 0.25) is 0 Å². The number of carbonyl (C=O) groups excluding carboxylic acids is 1. The highest BCUT2D eigenvalue weighted by atomic mass is 16.6. The molecule has 64 valence electrons. The number of nitrogens with zero attached hydrogens (tertiary/aromatic N) is 1. The summed E-state index contributed by atoms with van der Waals surface area (Å²) in [7, 11) is 0. The van der Waals surface area contributed by atoms with Gasteiger partial charge in [0.1, 0.15) is 6.61 Å². The molecule has 12 heavy (non-hydrogen) atoms. The third-order valence-corrected chi connectivity index (χ3v) is 2.05. The van der Waals surface area contributed by atoms with Gasteiger partial charge < -0.3 is 4.74 Å². The van der Waals surface area contributed by atoms with Crippen molar-refractivity contribution in [3.05, 3.63) is 23.9 Å². The lowest BCUT2D eigenvalue weighted by Crippen LogP contribution is -2.23. The van der Waals surface area contributed by atoms with Crippen molar-refractivity contribution in [1.82, 2.24) is 4.90 Å². The molecule has 1 heterocycles. The molecule has 0 spiro atoms. The maximum Gasteiger partial charge on any atom is 0.414 e. The molecule has 1 aliphatic heterocycles. The molecule has 0 aromatic heterocycles. The Morgan fingerprint density at radius 1 is 1.42 bits per heavy atom. The summed E-state index contributed by atoms with van der Waals surface area (Å²) >= 11 is 0. The van der Waals surface area contributed by atoms with Crippen LogP contribution < -0.4 is 0 Å². The second-order valence-corrected chi connectivity index (χ2v) is 2.87. The molecule has 0 aromatic carbocycles. The number of rotatable bonds is 1. The fourth-order valence-corrected chi connectivity index (χ4v) is 1.43. The molecule has 0 bridgehead atoms. The number of hydrogen-bond acceptors (Lipinski definition) is 2. The van der Waals surface area contributed by atoms with Crippen LogP contribution in [0.5, 0.6) is 0 Å². The Balaban J connectivity index is 2.13. The number of hydrogen-bond donors (Lipinski definition) is 0. The molecule has 2 aliphatic rings. The van der Waals surface area contributed by atoms with Crippen LogP contribution in [0.3, 0.4) is 0 Å². The van der Waals surface area contributed by atoms with E-state index in [1.165, 1.54) is 0 Å². The normalized spacial score (nSPS) is 22.5. The fraction of sp³-hybridized carbons (Fsp3) is 0.444. The molecule has 1 aliphatic carbocycles. The third-order valence-electron chi connectivity index (χ3n) is 2.05. The zero-order valence-corrected chi connectivity index (χ0v) is 6.82. The summed E-state index contributed by atoms with van der Waals surface area (Å²) in [5.74, 6) is 0. The summed E-state index contributed by atoms with van der Waals surface area (Å²) in [5, 5.41) is 0. The maximum atomic E-state index is 11.1. The van der Waals surface area contributed by atoms with E-state index in [0.717, 1.165) is 18.5 Å². The van der Waals surface area contributed by atoms with Gasteiger partial charge in [-0.15, -0.1) is 0 Å². The lowest BCUT2D eigenvalue weighted by Gasteiger charge is -2.15. The molecule has 0 N–H and O–H groups in total. The zero-order chi connectivity index (χ0) is 8.39. The number of ether oxygens (including phenoxy) is 1. The summed E-state index contributed by atoms with van der Waals surface area (Å²) in [6.45, 7) is 1.21. The minimum absolute atomic E-state index is 0.215. The number of amides is 1. The van der Waals surface area contributed by atoms with Gasteiger partial charge in [0.25, 0.3) is 0 Å². The van der Waals surface area contributed by atoms with E-state index in [1.54, 1.807) is 4.90 Å². The van der Waals surface area contributed by atoms with Crippen LogP contribution in [0.15, 0.2) is 23.9 Å². The Morgan fingerprint density at radius 2 is 2.33 bits per heavy atom. The molecule has 0 aromatic rings. The average molecular weight is 165 g/mol. The van der Waals surface area contributed by atoms with Gasteiger partial charge in [-0.2, -0.15) is 0 Å². The first-order valence-electron chi connectivity index (χ1n) is 4.19.